The molecule has 0 radical (unpaired) electrons. The van der Waals surface area contributed by atoms with Crippen LogP contribution in [0.25, 0.3) is 0 Å². The summed E-state index contributed by atoms with van der Waals surface area (Å²) in [6.45, 7) is 8.71. The van der Waals surface area contributed by atoms with Crippen molar-refractivity contribution >= 4 is 5.97 Å². The molecule has 5 fully saturated rings. The van der Waals surface area contributed by atoms with Crippen LogP contribution >= 0.6 is 0 Å². The molecule has 2 bridgehead atoms. The minimum absolute atomic E-state index is 0.0341. The number of carbonyl (C=O) groups excluding carboxylic acids is 1. The Kier molecular flexibility index (Phi) is 2.62. The van der Waals surface area contributed by atoms with Crippen molar-refractivity contribution in [1.82, 2.24) is 0 Å². The molecule has 3 aliphatic carbocycles. The van der Waals surface area contributed by atoms with E-state index in [0.717, 1.165) is 25.7 Å². The predicted octanol–water partition coefficient (Wildman–Crippen LogP) is 2.97. The number of esters is 1. The van der Waals surface area contributed by atoms with E-state index < -0.39 is 11.2 Å². The normalized spacial score (nSPS) is 57.7. The first-order valence-corrected chi connectivity index (χ1v) is 9.20. The monoisotopic (exact) mass is 330 g/mol. The van der Waals surface area contributed by atoms with Gasteiger partial charge in [0.2, 0.25) is 0 Å². The third kappa shape index (κ3) is 1.43. The van der Waals surface area contributed by atoms with Crippen LogP contribution in [0.4, 0.5) is 0 Å². The molecule has 6 aliphatic rings. The molecule has 2 saturated carbocycles. The second kappa shape index (κ2) is 4.16. The number of ether oxygens (including phenoxy) is 2. The van der Waals surface area contributed by atoms with Crippen molar-refractivity contribution in [3.63, 3.8) is 0 Å². The quantitative estimate of drug-likeness (QED) is 0.593. The Labute approximate surface area is 142 Å². The van der Waals surface area contributed by atoms with Crippen LogP contribution < -0.4 is 0 Å². The van der Waals surface area contributed by atoms with Crippen LogP contribution in [0.15, 0.2) is 24.3 Å². The fourth-order valence-corrected chi connectivity index (χ4v) is 6.71. The highest BCUT2D eigenvalue weighted by atomic mass is 16.6. The molecule has 1 spiro atoms. The summed E-state index contributed by atoms with van der Waals surface area (Å²) in [4.78, 5) is 12.7. The van der Waals surface area contributed by atoms with Crippen molar-refractivity contribution in [3.8, 4) is 0 Å². The van der Waals surface area contributed by atoms with Gasteiger partial charge < -0.3 is 14.6 Å². The summed E-state index contributed by atoms with van der Waals surface area (Å²) in [6.07, 6.45) is 8.73. The summed E-state index contributed by atoms with van der Waals surface area (Å²) in [5.74, 6) is -1.18. The van der Waals surface area contributed by atoms with Gasteiger partial charge in [-0.25, -0.2) is 0 Å². The zero-order valence-corrected chi connectivity index (χ0v) is 14.5. The van der Waals surface area contributed by atoms with Gasteiger partial charge in [0, 0.05) is 17.8 Å². The van der Waals surface area contributed by atoms with Crippen LogP contribution in [0.1, 0.15) is 46.0 Å². The van der Waals surface area contributed by atoms with Gasteiger partial charge in [-0.1, -0.05) is 18.6 Å². The minimum atomic E-state index is -1.36. The molecule has 130 valence electrons. The van der Waals surface area contributed by atoms with E-state index in [2.05, 4.69) is 25.7 Å². The average molecular weight is 330 g/mol. The van der Waals surface area contributed by atoms with Gasteiger partial charge in [-0.15, -0.1) is 6.58 Å². The van der Waals surface area contributed by atoms with Gasteiger partial charge in [0.1, 0.15) is 11.5 Å². The molecule has 0 aromatic rings. The Bertz CT molecular complexity index is 671. The van der Waals surface area contributed by atoms with Crippen LogP contribution in [0.2, 0.25) is 0 Å². The molecule has 1 N–H and O–H groups in total. The molecule has 3 saturated heterocycles. The van der Waals surface area contributed by atoms with Gasteiger partial charge >= 0.3 is 5.97 Å². The van der Waals surface area contributed by atoms with Crippen molar-refractivity contribution in [2.24, 2.45) is 28.1 Å². The highest BCUT2D eigenvalue weighted by molar-refractivity contribution is 5.82. The van der Waals surface area contributed by atoms with Crippen LogP contribution in [0, 0.1) is 28.1 Å². The molecule has 0 amide bonds. The van der Waals surface area contributed by atoms with E-state index in [4.69, 9.17) is 9.47 Å². The number of hydrogen-bond donors (Lipinski definition) is 1. The Hall–Kier alpha value is -1.13. The van der Waals surface area contributed by atoms with Crippen LogP contribution in [-0.2, 0) is 14.3 Å². The van der Waals surface area contributed by atoms with Gasteiger partial charge in [-0.2, -0.15) is 0 Å². The number of rotatable bonds is 1. The van der Waals surface area contributed by atoms with Crippen molar-refractivity contribution in [2.75, 3.05) is 6.61 Å². The standard InChI is InChI=1S/C20H26O4/c1-4-17(2)6-5-13-12(10-17)9-14-15-18(3,16(21)24-14)20(22)8-7-19(13,15)11-23-20/h4,9,13-15,22H,1,5-8,10-11H2,2-3H3/t13?,14?,15-,17+,18-,19-,20-/m0/s1. The molecule has 6 rings (SSSR count). The molecule has 3 aliphatic heterocycles. The molecular formula is C20H26O4. The smallest absolute Gasteiger partial charge is 0.318 e. The molecular weight excluding hydrogens is 304 g/mol. The van der Waals surface area contributed by atoms with Crippen LogP contribution in [0.5, 0.6) is 0 Å². The van der Waals surface area contributed by atoms with Crippen molar-refractivity contribution < 1.29 is 19.4 Å². The van der Waals surface area contributed by atoms with Gasteiger partial charge in [0.25, 0.3) is 0 Å². The molecule has 4 nitrogen and oxygen atoms in total. The zero-order chi connectivity index (χ0) is 17.0. The van der Waals surface area contributed by atoms with Gasteiger partial charge in [-0.3, -0.25) is 4.79 Å². The summed E-state index contributed by atoms with van der Waals surface area (Å²) in [5.41, 5.74) is 0.540. The topological polar surface area (TPSA) is 55.8 Å². The van der Waals surface area contributed by atoms with Gasteiger partial charge in [0.15, 0.2) is 5.79 Å². The lowest BCUT2D eigenvalue weighted by atomic mass is 9.42. The lowest BCUT2D eigenvalue weighted by molar-refractivity contribution is -0.367. The van der Waals surface area contributed by atoms with Crippen molar-refractivity contribution in [1.29, 1.82) is 0 Å². The molecule has 24 heavy (non-hydrogen) atoms. The molecule has 0 aromatic carbocycles. The SMILES string of the molecule is C=C[C@]1(C)CCC2C(=CC3OC(=O)[C@]4(C)[C@H]3[C@]23CC[C@]4(O)OC3)C1. The molecule has 4 heteroatoms. The second-order valence-corrected chi connectivity index (χ2v) is 9.22. The zero-order valence-electron chi connectivity index (χ0n) is 14.5. The second-order valence-electron chi connectivity index (χ2n) is 9.22. The number of carbonyl (C=O) groups is 1. The van der Waals surface area contributed by atoms with Crippen LogP contribution in [-0.4, -0.2) is 29.6 Å². The third-order valence-electron chi connectivity index (χ3n) is 8.18. The van der Waals surface area contributed by atoms with E-state index in [9.17, 15) is 9.90 Å². The summed E-state index contributed by atoms with van der Waals surface area (Å²) in [6, 6.07) is 0. The lowest BCUT2D eigenvalue weighted by Crippen LogP contribution is -2.71. The molecule has 3 heterocycles. The first-order valence-electron chi connectivity index (χ1n) is 9.20. The maximum Gasteiger partial charge on any atom is 0.318 e. The summed E-state index contributed by atoms with van der Waals surface area (Å²) in [7, 11) is 0. The Morgan fingerprint density at radius 3 is 2.79 bits per heavy atom. The Balaban J connectivity index is 1.67. The number of aliphatic hydroxyl groups is 1. The fourth-order valence-electron chi connectivity index (χ4n) is 6.71. The molecule has 0 aromatic heterocycles. The summed E-state index contributed by atoms with van der Waals surface area (Å²) in [5, 5.41) is 11.0. The van der Waals surface area contributed by atoms with E-state index in [-0.39, 0.29) is 28.8 Å². The largest absolute Gasteiger partial charge is 0.457 e. The van der Waals surface area contributed by atoms with Gasteiger partial charge in [0.05, 0.1) is 6.61 Å². The van der Waals surface area contributed by atoms with E-state index in [1.165, 1.54) is 5.57 Å². The molecule has 2 unspecified atom stereocenters. The lowest BCUT2D eigenvalue weighted by Gasteiger charge is -2.65. The van der Waals surface area contributed by atoms with E-state index >= 15 is 0 Å². The number of hydrogen-bond acceptors (Lipinski definition) is 4. The Morgan fingerprint density at radius 1 is 1.33 bits per heavy atom. The fraction of sp³-hybridized carbons (Fsp3) is 0.750. The average Bonchev–Trinajstić information content (AvgIpc) is 2.83. The summed E-state index contributed by atoms with van der Waals surface area (Å²) >= 11 is 0. The summed E-state index contributed by atoms with van der Waals surface area (Å²) < 4.78 is 11.8. The third-order valence-corrected chi connectivity index (χ3v) is 8.18. The first kappa shape index (κ1) is 15.2. The maximum absolute atomic E-state index is 12.7. The minimum Gasteiger partial charge on any atom is -0.457 e. The van der Waals surface area contributed by atoms with E-state index in [0.29, 0.717) is 18.9 Å². The van der Waals surface area contributed by atoms with E-state index in [1.807, 2.05) is 6.92 Å². The number of fused-ring (bicyclic) bond motifs is 3. The van der Waals surface area contributed by atoms with Crippen molar-refractivity contribution in [2.45, 2.75) is 57.8 Å². The highest BCUT2D eigenvalue weighted by Crippen LogP contribution is 2.71. The first-order chi connectivity index (χ1) is 11.3. The Morgan fingerprint density at radius 2 is 2.12 bits per heavy atom. The highest BCUT2D eigenvalue weighted by Gasteiger charge is 2.78. The van der Waals surface area contributed by atoms with Gasteiger partial charge in [-0.05, 0) is 50.0 Å². The molecule has 7 atom stereocenters. The van der Waals surface area contributed by atoms with Crippen molar-refractivity contribution in [3.05, 3.63) is 24.3 Å². The predicted molar refractivity (Wildman–Crippen MR) is 87.8 cm³/mol. The number of allylic oxidation sites excluding steroid dienone is 2. The van der Waals surface area contributed by atoms with E-state index in [1.54, 1.807) is 0 Å². The van der Waals surface area contributed by atoms with Crippen LogP contribution in [0.3, 0.4) is 0 Å². The maximum atomic E-state index is 12.7.